The molecule has 0 spiro atoms. The molecule has 0 amide bonds. The fourth-order valence-electron chi connectivity index (χ4n) is 3.04. The Labute approximate surface area is 115 Å². The molecule has 0 bridgehead atoms. The fourth-order valence-corrected chi connectivity index (χ4v) is 3.04. The van der Waals surface area contributed by atoms with Crippen molar-refractivity contribution in [1.82, 2.24) is 0 Å². The molecule has 2 aromatic rings. The summed E-state index contributed by atoms with van der Waals surface area (Å²) in [6, 6.07) is 17.5. The van der Waals surface area contributed by atoms with E-state index in [4.69, 9.17) is 0 Å². The molecule has 19 heavy (non-hydrogen) atoms. The molecule has 0 fully saturated rings. The van der Waals surface area contributed by atoms with Gasteiger partial charge in [-0.1, -0.05) is 68.5 Å². The fraction of sp³-hybridized carbons (Fsp3) is 0.263. The number of benzene rings is 2. The van der Waals surface area contributed by atoms with Crippen molar-refractivity contribution in [3.63, 3.8) is 0 Å². The third-order valence-corrected chi connectivity index (χ3v) is 3.95. The van der Waals surface area contributed by atoms with Crippen LogP contribution in [0.25, 0.3) is 5.57 Å². The van der Waals surface area contributed by atoms with Crippen molar-refractivity contribution in [2.75, 3.05) is 0 Å². The average molecular weight is 248 g/mol. The lowest BCUT2D eigenvalue weighted by atomic mass is 9.82. The molecule has 0 nitrogen and oxygen atoms in total. The van der Waals surface area contributed by atoms with Crippen LogP contribution in [0.15, 0.2) is 54.6 Å². The molecule has 1 aliphatic rings. The van der Waals surface area contributed by atoms with Crippen LogP contribution < -0.4 is 0 Å². The molecule has 0 aromatic heterocycles. The highest BCUT2D eigenvalue weighted by Crippen LogP contribution is 2.35. The number of hydrogen-bond acceptors (Lipinski definition) is 0. The van der Waals surface area contributed by atoms with Gasteiger partial charge in [-0.2, -0.15) is 0 Å². The van der Waals surface area contributed by atoms with E-state index in [1.165, 1.54) is 28.7 Å². The van der Waals surface area contributed by atoms with E-state index < -0.39 is 0 Å². The van der Waals surface area contributed by atoms with Crippen LogP contribution in [0.5, 0.6) is 0 Å². The Morgan fingerprint density at radius 3 is 2.42 bits per heavy atom. The number of allylic oxidation sites excluding steroid dienone is 1. The first-order valence-electron chi connectivity index (χ1n) is 7.15. The standard InChI is InChI=1S/C19H20/c1-14(2)16-10-6-13-19-17(11-7-12-18(16)19)15-8-4-3-5-9-15/h3-6,8-11,13-14H,7,12H2,1-2H3. The van der Waals surface area contributed by atoms with Crippen molar-refractivity contribution < 1.29 is 0 Å². The summed E-state index contributed by atoms with van der Waals surface area (Å²) in [6.45, 7) is 4.58. The maximum atomic E-state index is 2.39. The van der Waals surface area contributed by atoms with Gasteiger partial charge in [0.25, 0.3) is 0 Å². The maximum absolute atomic E-state index is 2.39. The van der Waals surface area contributed by atoms with E-state index in [2.05, 4.69) is 68.5 Å². The van der Waals surface area contributed by atoms with Gasteiger partial charge in [0.15, 0.2) is 0 Å². The highest BCUT2D eigenvalue weighted by atomic mass is 14.2. The SMILES string of the molecule is CC(C)c1cccc2c1CCC=C2c1ccccc1. The lowest BCUT2D eigenvalue weighted by Gasteiger charge is -2.22. The molecule has 0 unspecified atom stereocenters. The normalized spacial score (nSPS) is 14.2. The summed E-state index contributed by atoms with van der Waals surface area (Å²) in [5.74, 6) is 0.602. The van der Waals surface area contributed by atoms with Crippen molar-refractivity contribution in [2.45, 2.75) is 32.6 Å². The summed E-state index contributed by atoms with van der Waals surface area (Å²) in [4.78, 5) is 0. The van der Waals surface area contributed by atoms with Crippen LogP contribution in [0.3, 0.4) is 0 Å². The Morgan fingerprint density at radius 2 is 1.68 bits per heavy atom. The largest absolute Gasteiger partial charge is 0.0757 e. The summed E-state index contributed by atoms with van der Waals surface area (Å²) < 4.78 is 0. The minimum absolute atomic E-state index is 0.602. The van der Waals surface area contributed by atoms with Gasteiger partial charge in [-0.15, -0.1) is 0 Å². The van der Waals surface area contributed by atoms with Crippen LogP contribution in [0.2, 0.25) is 0 Å². The first kappa shape index (κ1) is 12.2. The topological polar surface area (TPSA) is 0 Å². The molecule has 0 radical (unpaired) electrons. The highest BCUT2D eigenvalue weighted by molar-refractivity contribution is 5.83. The second-order valence-electron chi connectivity index (χ2n) is 5.55. The van der Waals surface area contributed by atoms with Crippen LogP contribution in [-0.4, -0.2) is 0 Å². The molecule has 0 saturated carbocycles. The molecule has 0 aliphatic heterocycles. The second kappa shape index (κ2) is 5.05. The van der Waals surface area contributed by atoms with E-state index >= 15 is 0 Å². The van der Waals surface area contributed by atoms with E-state index in [1.54, 1.807) is 5.56 Å². The smallest absolute Gasteiger partial charge is 0.0146 e. The molecule has 0 atom stereocenters. The average Bonchev–Trinajstić information content (AvgIpc) is 2.46. The Hall–Kier alpha value is -1.82. The number of fused-ring (bicyclic) bond motifs is 1. The minimum Gasteiger partial charge on any atom is -0.0757 e. The summed E-state index contributed by atoms with van der Waals surface area (Å²) in [6.07, 6.45) is 4.72. The van der Waals surface area contributed by atoms with Gasteiger partial charge in [-0.3, -0.25) is 0 Å². The Bertz CT molecular complexity index is 603. The molecule has 2 aromatic carbocycles. The first-order valence-corrected chi connectivity index (χ1v) is 7.15. The van der Waals surface area contributed by atoms with E-state index in [-0.39, 0.29) is 0 Å². The summed E-state index contributed by atoms with van der Waals surface area (Å²) in [5.41, 5.74) is 7.25. The maximum Gasteiger partial charge on any atom is -0.0146 e. The molecular formula is C19H20. The lowest BCUT2D eigenvalue weighted by molar-refractivity contribution is 0.828. The molecule has 1 aliphatic carbocycles. The van der Waals surface area contributed by atoms with Crippen LogP contribution >= 0.6 is 0 Å². The highest BCUT2D eigenvalue weighted by Gasteiger charge is 2.17. The Balaban J connectivity index is 2.14. The van der Waals surface area contributed by atoms with Crippen molar-refractivity contribution in [3.8, 4) is 0 Å². The van der Waals surface area contributed by atoms with Gasteiger partial charge in [0, 0.05) is 0 Å². The van der Waals surface area contributed by atoms with Crippen molar-refractivity contribution >= 4 is 5.57 Å². The van der Waals surface area contributed by atoms with E-state index in [0.717, 1.165) is 6.42 Å². The van der Waals surface area contributed by atoms with Gasteiger partial charge in [0.05, 0.1) is 0 Å². The summed E-state index contributed by atoms with van der Waals surface area (Å²) in [7, 11) is 0. The second-order valence-corrected chi connectivity index (χ2v) is 5.55. The lowest BCUT2D eigenvalue weighted by Crippen LogP contribution is -2.06. The van der Waals surface area contributed by atoms with Crippen LogP contribution in [0, 0.1) is 0 Å². The van der Waals surface area contributed by atoms with Crippen LogP contribution in [-0.2, 0) is 6.42 Å². The van der Waals surface area contributed by atoms with Gasteiger partial charge in [0.1, 0.15) is 0 Å². The van der Waals surface area contributed by atoms with Crippen molar-refractivity contribution in [2.24, 2.45) is 0 Å². The summed E-state index contributed by atoms with van der Waals surface area (Å²) in [5, 5.41) is 0. The van der Waals surface area contributed by atoms with E-state index in [1.807, 2.05) is 0 Å². The molecule has 96 valence electrons. The molecule has 0 N–H and O–H groups in total. The molecule has 0 saturated heterocycles. The zero-order chi connectivity index (χ0) is 13.2. The van der Waals surface area contributed by atoms with Gasteiger partial charge >= 0.3 is 0 Å². The molecule has 0 heteroatoms. The van der Waals surface area contributed by atoms with Crippen molar-refractivity contribution in [1.29, 1.82) is 0 Å². The van der Waals surface area contributed by atoms with Crippen LogP contribution in [0.1, 0.15) is 48.4 Å². The summed E-state index contributed by atoms with van der Waals surface area (Å²) >= 11 is 0. The molecule has 0 heterocycles. The third kappa shape index (κ3) is 2.23. The molecule has 3 rings (SSSR count). The van der Waals surface area contributed by atoms with E-state index in [0.29, 0.717) is 5.92 Å². The monoisotopic (exact) mass is 248 g/mol. The van der Waals surface area contributed by atoms with E-state index in [9.17, 15) is 0 Å². The quantitative estimate of drug-likeness (QED) is 0.686. The number of rotatable bonds is 2. The predicted molar refractivity (Wildman–Crippen MR) is 82.4 cm³/mol. The van der Waals surface area contributed by atoms with Crippen molar-refractivity contribution in [3.05, 3.63) is 76.9 Å². The predicted octanol–water partition coefficient (Wildman–Crippen LogP) is 5.19. The van der Waals surface area contributed by atoms with Gasteiger partial charge in [-0.05, 0) is 46.6 Å². The Kier molecular flexibility index (Phi) is 3.25. The van der Waals surface area contributed by atoms with Crippen LogP contribution in [0.4, 0.5) is 0 Å². The zero-order valence-electron chi connectivity index (χ0n) is 11.7. The molecular weight excluding hydrogens is 228 g/mol. The Morgan fingerprint density at radius 1 is 0.895 bits per heavy atom. The number of hydrogen-bond donors (Lipinski definition) is 0. The van der Waals surface area contributed by atoms with Gasteiger partial charge < -0.3 is 0 Å². The zero-order valence-corrected chi connectivity index (χ0v) is 11.7. The van der Waals surface area contributed by atoms with Gasteiger partial charge in [0.2, 0.25) is 0 Å². The minimum atomic E-state index is 0.602. The third-order valence-electron chi connectivity index (χ3n) is 3.95. The van der Waals surface area contributed by atoms with Gasteiger partial charge in [-0.25, -0.2) is 0 Å². The first-order chi connectivity index (χ1) is 9.27.